The molecule has 0 radical (unpaired) electrons. The predicted molar refractivity (Wildman–Crippen MR) is 105 cm³/mol. The largest absolute Gasteiger partial charge is 0.383 e. The van der Waals surface area contributed by atoms with Crippen LogP contribution < -0.4 is 4.80 Å². The van der Waals surface area contributed by atoms with Crippen LogP contribution in [0.25, 0.3) is 21.1 Å². The van der Waals surface area contributed by atoms with Crippen LogP contribution in [0, 0.1) is 0 Å². The fourth-order valence-corrected chi connectivity index (χ4v) is 4.26. The first-order chi connectivity index (χ1) is 12.7. The number of halogens is 1. The van der Waals surface area contributed by atoms with Crippen molar-refractivity contribution in [2.24, 2.45) is 4.99 Å². The van der Waals surface area contributed by atoms with Gasteiger partial charge in [0.1, 0.15) is 0 Å². The lowest BCUT2D eigenvalue weighted by molar-refractivity contribution is 0.0999. The molecule has 2 aromatic carbocycles. The molecular formula is C19H16ClN3O2S. The number of thiazole rings is 1. The molecule has 0 bridgehead atoms. The number of H-pyrrole nitrogens is 1. The smallest absolute Gasteiger partial charge is 0.281 e. The lowest BCUT2D eigenvalue weighted by atomic mass is 10.2. The minimum absolute atomic E-state index is 0.272. The number of carbonyl (C=O) groups excluding carboxylic acids is 1. The number of aromatic amines is 1. The summed E-state index contributed by atoms with van der Waals surface area (Å²) in [6, 6.07) is 13.4. The van der Waals surface area contributed by atoms with E-state index in [1.54, 1.807) is 13.3 Å². The fraction of sp³-hybridized carbons (Fsp3) is 0.158. The molecule has 0 aliphatic rings. The SMILES string of the molecule is COCCn1c(=NC(=O)c2c[nH]c3ccccc23)sc2cc(Cl)ccc21. The quantitative estimate of drug-likeness (QED) is 0.571. The number of fused-ring (bicyclic) bond motifs is 2. The van der Waals surface area contributed by atoms with Crippen LogP contribution in [0.15, 0.2) is 53.7 Å². The van der Waals surface area contributed by atoms with E-state index >= 15 is 0 Å². The third kappa shape index (κ3) is 3.07. The Balaban J connectivity index is 1.85. The minimum Gasteiger partial charge on any atom is -0.383 e. The topological polar surface area (TPSA) is 59.4 Å². The van der Waals surface area contributed by atoms with Gasteiger partial charge in [-0.15, -0.1) is 0 Å². The molecule has 0 fully saturated rings. The van der Waals surface area contributed by atoms with Crippen molar-refractivity contribution in [3.05, 3.63) is 64.0 Å². The van der Waals surface area contributed by atoms with E-state index in [0.29, 0.717) is 28.5 Å². The Bertz CT molecular complexity index is 1170. The van der Waals surface area contributed by atoms with Crippen molar-refractivity contribution in [2.45, 2.75) is 6.54 Å². The van der Waals surface area contributed by atoms with Gasteiger partial charge < -0.3 is 14.3 Å². The zero-order valence-electron chi connectivity index (χ0n) is 14.0. The molecule has 0 unspecified atom stereocenters. The average molecular weight is 386 g/mol. The molecule has 2 heterocycles. The Morgan fingerprint density at radius 2 is 2.15 bits per heavy atom. The second kappa shape index (κ2) is 7.07. The summed E-state index contributed by atoms with van der Waals surface area (Å²) < 4.78 is 8.18. The average Bonchev–Trinajstić information content (AvgIpc) is 3.20. The summed E-state index contributed by atoms with van der Waals surface area (Å²) in [6.07, 6.45) is 1.71. The number of para-hydroxylation sites is 1. The van der Waals surface area contributed by atoms with Gasteiger partial charge in [-0.3, -0.25) is 4.79 Å². The van der Waals surface area contributed by atoms with E-state index in [0.717, 1.165) is 21.1 Å². The Labute approximate surface area is 158 Å². The number of carbonyl (C=O) groups is 1. The highest BCUT2D eigenvalue weighted by Gasteiger charge is 2.13. The first kappa shape index (κ1) is 17.0. The van der Waals surface area contributed by atoms with Crippen LogP contribution in [0.2, 0.25) is 5.02 Å². The molecule has 4 rings (SSSR count). The van der Waals surface area contributed by atoms with Gasteiger partial charge in [-0.05, 0) is 24.3 Å². The monoisotopic (exact) mass is 385 g/mol. The molecule has 2 aromatic heterocycles. The van der Waals surface area contributed by atoms with Crippen LogP contribution in [0.5, 0.6) is 0 Å². The van der Waals surface area contributed by atoms with Gasteiger partial charge in [-0.2, -0.15) is 4.99 Å². The number of aromatic nitrogens is 2. The predicted octanol–water partition coefficient (Wildman–Crippen LogP) is 4.23. The van der Waals surface area contributed by atoms with Crippen LogP contribution in [0.3, 0.4) is 0 Å². The van der Waals surface area contributed by atoms with Gasteiger partial charge in [-0.1, -0.05) is 41.1 Å². The lowest BCUT2D eigenvalue weighted by Crippen LogP contribution is -2.19. The third-order valence-electron chi connectivity index (χ3n) is 4.18. The number of nitrogens with zero attached hydrogens (tertiary/aromatic N) is 2. The fourth-order valence-electron chi connectivity index (χ4n) is 2.93. The molecule has 0 saturated heterocycles. The number of rotatable bonds is 4. The molecule has 5 nitrogen and oxygen atoms in total. The molecule has 4 aromatic rings. The van der Waals surface area contributed by atoms with Crippen molar-refractivity contribution in [1.82, 2.24) is 9.55 Å². The Kier molecular flexibility index (Phi) is 4.63. The highest BCUT2D eigenvalue weighted by atomic mass is 35.5. The van der Waals surface area contributed by atoms with Gasteiger partial charge in [0.2, 0.25) is 0 Å². The number of hydrogen-bond acceptors (Lipinski definition) is 3. The maximum Gasteiger partial charge on any atom is 0.281 e. The van der Waals surface area contributed by atoms with E-state index in [1.165, 1.54) is 11.3 Å². The Hall–Kier alpha value is -2.41. The zero-order valence-corrected chi connectivity index (χ0v) is 15.6. The second-order valence-electron chi connectivity index (χ2n) is 5.81. The zero-order chi connectivity index (χ0) is 18.1. The standard InChI is InChI=1S/C19H16ClN3O2S/c1-25-9-8-23-16-7-6-12(20)10-17(16)26-19(23)22-18(24)14-11-21-15-5-3-2-4-13(14)15/h2-7,10-11,21H,8-9H2,1H3. The molecular weight excluding hydrogens is 370 g/mol. The van der Waals surface area contributed by atoms with Gasteiger partial charge in [0.05, 0.1) is 22.4 Å². The van der Waals surface area contributed by atoms with Gasteiger partial charge in [-0.25, -0.2) is 0 Å². The maximum atomic E-state index is 12.8. The Morgan fingerprint density at radius 1 is 1.31 bits per heavy atom. The number of methoxy groups -OCH3 is 1. The van der Waals surface area contributed by atoms with Crippen molar-refractivity contribution < 1.29 is 9.53 Å². The van der Waals surface area contributed by atoms with E-state index in [9.17, 15) is 4.79 Å². The van der Waals surface area contributed by atoms with Gasteiger partial charge in [0, 0.05) is 35.8 Å². The van der Waals surface area contributed by atoms with E-state index in [-0.39, 0.29) is 5.91 Å². The van der Waals surface area contributed by atoms with Crippen molar-refractivity contribution in [3.63, 3.8) is 0 Å². The van der Waals surface area contributed by atoms with E-state index in [4.69, 9.17) is 16.3 Å². The summed E-state index contributed by atoms with van der Waals surface area (Å²) >= 11 is 7.55. The van der Waals surface area contributed by atoms with Gasteiger partial charge >= 0.3 is 0 Å². The summed E-state index contributed by atoms with van der Waals surface area (Å²) in [5.41, 5.74) is 2.47. The summed E-state index contributed by atoms with van der Waals surface area (Å²) in [4.78, 5) is 21.0. The van der Waals surface area contributed by atoms with E-state index in [1.807, 2.05) is 47.0 Å². The van der Waals surface area contributed by atoms with Crippen molar-refractivity contribution in [3.8, 4) is 0 Å². The maximum absolute atomic E-state index is 12.8. The third-order valence-corrected chi connectivity index (χ3v) is 5.46. The van der Waals surface area contributed by atoms with Crippen LogP contribution in [0.4, 0.5) is 0 Å². The molecule has 132 valence electrons. The highest BCUT2D eigenvalue weighted by Crippen LogP contribution is 2.22. The van der Waals surface area contributed by atoms with Gasteiger partial charge in [0.15, 0.2) is 4.80 Å². The summed E-state index contributed by atoms with van der Waals surface area (Å²) in [6.45, 7) is 1.14. The molecule has 0 atom stereocenters. The first-order valence-corrected chi connectivity index (χ1v) is 9.30. The number of hydrogen-bond donors (Lipinski definition) is 1. The number of benzene rings is 2. The van der Waals surface area contributed by atoms with Gasteiger partial charge in [0.25, 0.3) is 5.91 Å². The summed E-state index contributed by atoms with van der Waals surface area (Å²) in [5.74, 6) is -0.272. The minimum atomic E-state index is -0.272. The molecule has 1 N–H and O–H groups in total. The van der Waals surface area contributed by atoms with Crippen LogP contribution in [-0.2, 0) is 11.3 Å². The van der Waals surface area contributed by atoms with Crippen LogP contribution >= 0.6 is 22.9 Å². The first-order valence-electron chi connectivity index (χ1n) is 8.10. The highest BCUT2D eigenvalue weighted by molar-refractivity contribution is 7.16. The van der Waals surface area contributed by atoms with Crippen molar-refractivity contribution in [1.29, 1.82) is 0 Å². The van der Waals surface area contributed by atoms with Crippen molar-refractivity contribution >= 4 is 50.0 Å². The van der Waals surface area contributed by atoms with Crippen LogP contribution in [-0.4, -0.2) is 29.2 Å². The molecule has 7 heteroatoms. The second-order valence-corrected chi connectivity index (χ2v) is 7.25. The molecule has 0 aliphatic carbocycles. The molecule has 0 aliphatic heterocycles. The van der Waals surface area contributed by atoms with E-state index < -0.39 is 0 Å². The Morgan fingerprint density at radius 3 is 3.00 bits per heavy atom. The number of amides is 1. The van der Waals surface area contributed by atoms with E-state index in [2.05, 4.69) is 9.98 Å². The summed E-state index contributed by atoms with van der Waals surface area (Å²) in [5, 5.41) is 1.53. The number of ether oxygens (including phenoxy) is 1. The molecule has 1 amide bonds. The van der Waals surface area contributed by atoms with Crippen LogP contribution in [0.1, 0.15) is 10.4 Å². The number of nitrogens with one attached hydrogen (secondary N) is 1. The normalized spacial score (nSPS) is 12.3. The molecule has 0 spiro atoms. The lowest BCUT2D eigenvalue weighted by Gasteiger charge is -2.04. The summed E-state index contributed by atoms with van der Waals surface area (Å²) in [7, 11) is 1.65. The molecule has 26 heavy (non-hydrogen) atoms. The van der Waals surface area contributed by atoms with Crippen molar-refractivity contribution in [2.75, 3.05) is 13.7 Å². The molecule has 0 saturated carbocycles.